The molecule has 0 N–H and O–H groups in total. The number of hydrogen-bond donors (Lipinski definition) is 0. The van der Waals surface area contributed by atoms with Gasteiger partial charge in [0.2, 0.25) is 5.82 Å². The Kier molecular flexibility index (Phi) is 8.03. The van der Waals surface area contributed by atoms with Crippen LogP contribution in [0.4, 0.5) is 8.78 Å². The SMILES string of the molecule is C#CC(C)Oc1ccc(CC2CCC(C3C4CCC(C(C)CCC)CCC43)CC2)c(F)c1F. The average Bonchev–Trinajstić information content (AvgIpc) is 3.55. The van der Waals surface area contributed by atoms with Crippen LogP contribution in [0.2, 0.25) is 0 Å². The predicted octanol–water partition coefficient (Wildman–Crippen LogP) is 8.20. The first-order valence-corrected chi connectivity index (χ1v) is 13.5. The standard InChI is InChI=1S/C30H42F2O/c1-5-7-19(3)22-12-15-25-26(16-13-22)28(25)23-10-8-21(9-11-23)18-24-14-17-27(30(32)29(24)31)33-20(4)6-2/h2,14,17,19-23,25-26,28H,5,7-13,15-16,18H2,1,3-4H3. The van der Waals surface area contributed by atoms with Crippen molar-refractivity contribution in [1.29, 1.82) is 0 Å². The Balaban J connectivity index is 1.25. The fraction of sp³-hybridized carbons (Fsp3) is 0.733. The molecule has 33 heavy (non-hydrogen) atoms. The second-order valence-corrected chi connectivity index (χ2v) is 11.3. The lowest BCUT2D eigenvalue weighted by atomic mass is 9.75. The number of fused-ring (bicyclic) bond motifs is 1. The third kappa shape index (κ3) is 5.58. The van der Waals surface area contributed by atoms with E-state index in [1.54, 1.807) is 13.0 Å². The molecule has 0 aliphatic heterocycles. The zero-order valence-corrected chi connectivity index (χ0v) is 20.8. The smallest absolute Gasteiger partial charge is 0.200 e. The molecule has 0 spiro atoms. The number of halogens is 2. The van der Waals surface area contributed by atoms with E-state index in [0.29, 0.717) is 17.9 Å². The van der Waals surface area contributed by atoms with Crippen molar-refractivity contribution in [3.05, 3.63) is 29.3 Å². The molecule has 1 aromatic carbocycles. The maximum absolute atomic E-state index is 14.7. The summed E-state index contributed by atoms with van der Waals surface area (Å²) in [6, 6.07) is 3.21. The summed E-state index contributed by atoms with van der Waals surface area (Å²) in [7, 11) is 0. The molecule has 0 saturated heterocycles. The molecule has 3 aliphatic rings. The van der Waals surface area contributed by atoms with Crippen LogP contribution in [0.25, 0.3) is 0 Å². The highest BCUT2D eigenvalue weighted by molar-refractivity contribution is 5.32. The highest BCUT2D eigenvalue weighted by Gasteiger charge is 2.54. The van der Waals surface area contributed by atoms with Gasteiger partial charge in [-0.05, 0) is 118 Å². The number of hydrogen-bond acceptors (Lipinski definition) is 1. The summed E-state index contributed by atoms with van der Waals surface area (Å²) >= 11 is 0. The molecule has 1 aromatic rings. The number of terminal acetylenes is 1. The normalized spacial score (nSPS) is 33.3. The molecule has 0 bridgehead atoms. The molecule has 3 saturated carbocycles. The summed E-state index contributed by atoms with van der Waals surface area (Å²) in [6.07, 6.45) is 18.6. The van der Waals surface area contributed by atoms with Gasteiger partial charge in [0.1, 0.15) is 0 Å². The summed E-state index contributed by atoms with van der Waals surface area (Å²) in [6.45, 7) is 6.43. The molecule has 1 nitrogen and oxygen atoms in total. The largest absolute Gasteiger partial charge is 0.475 e. The maximum Gasteiger partial charge on any atom is 0.200 e. The van der Waals surface area contributed by atoms with Gasteiger partial charge in [-0.3, -0.25) is 0 Å². The first-order chi connectivity index (χ1) is 15.9. The Morgan fingerprint density at radius 1 is 0.970 bits per heavy atom. The van der Waals surface area contributed by atoms with Gasteiger partial charge in [0.05, 0.1) is 0 Å². The van der Waals surface area contributed by atoms with Gasteiger partial charge in [-0.2, -0.15) is 4.39 Å². The molecule has 4 unspecified atom stereocenters. The highest BCUT2D eigenvalue weighted by Crippen LogP contribution is 2.61. The predicted molar refractivity (Wildman–Crippen MR) is 131 cm³/mol. The molecule has 0 aromatic heterocycles. The Hall–Kier alpha value is -1.56. The fourth-order valence-corrected chi connectivity index (χ4v) is 7.34. The minimum absolute atomic E-state index is 0.0935. The van der Waals surface area contributed by atoms with Gasteiger partial charge in [0.15, 0.2) is 17.7 Å². The summed E-state index contributed by atoms with van der Waals surface area (Å²) in [5, 5.41) is 0. The first kappa shape index (κ1) is 24.6. The van der Waals surface area contributed by atoms with Crippen molar-refractivity contribution in [1.82, 2.24) is 0 Å². The zero-order chi connectivity index (χ0) is 23.5. The molecular weight excluding hydrogens is 414 g/mol. The van der Waals surface area contributed by atoms with Gasteiger partial charge in [0.25, 0.3) is 0 Å². The second kappa shape index (κ2) is 10.8. The third-order valence-corrected chi connectivity index (χ3v) is 9.30. The lowest BCUT2D eigenvalue weighted by Gasteiger charge is -2.30. The molecule has 3 aliphatic carbocycles. The summed E-state index contributed by atoms with van der Waals surface area (Å²) < 4.78 is 34.4. The Labute approximate surface area is 200 Å². The fourth-order valence-electron chi connectivity index (χ4n) is 7.34. The molecule has 4 rings (SSSR count). The van der Waals surface area contributed by atoms with E-state index in [-0.39, 0.29) is 5.75 Å². The van der Waals surface area contributed by atoms with E-state index in [4.69, 9.17) is 11.2 Å². The maximum atomic E-state index is 14.7. The van der Waals surface area contributed by atoms with E-state index >= 15 is 0 Å². The number of ether oxygens (including phenoxy) is 1. The van der Waals surface area contributed by atoms with Crippen LogP contribution in [-0.4, -0.2) is 6.10 Å². The van der Waals surface area contributed by atoms with Crippen molar-refractivity contribution in [3.63, 3.8) is 0 Å². The van der Waals surface area contributed by atoms with Crippen molar-refractivity contribution in [2.75, 3.05) is 0 Å². The van der Waals surface area contributed by atoms with E-state index in [0.717, 1.165) is 48.3 Å². The number of rotatable bonds is 8. The van der Waals surface area contributed by atoms with E-state index in [2.05, 4.69) is 19.8 Å². The van der Waals surface area contributed by atoms with Crippen molar-refractivity contribution < 1.29 is 13.5 Å². The van der Waals surface area contributed by atoms with Crippen molar-refractivity contribution >= 4 is 0 Å². The van der Waals surface area contributed by atoms with Crippen molar-refractivity contribution in [2.24, 2.45) is 41.4 Å². The topological polar surface area (TPSA) is 9.23 Å². The minimum Gasteiger partial charge on any atom is -0.475 e. The summed E-state index contributed by atoms with van der Waals surface area (Å²) in [5.74, 6) is 6.70. The van der Waals surface area contributed by atoms with Crippen LogP contribution in [0.15, 0.2) is 12.1 Å². The number of benzene rings is 1. The van der Waals surface area contributed by atoms with E-state index in [9.17, 15) is 8.78 Å². The van der Waals surface area contributed by atoms with Crippen LogP contribution < -0.4 is 4.74 Å². The van der Waals surface area contributed by atoms with Crippen LogP contribution >= 0.6 is 0 Å². The Bertz CT molecular complexity index is 820. The van der Waals surface area contributed by atoms with Gasteiger partial charge >= 0.3 is 0 Å². The van der Waals surface area contributed by atoms with Crippen LogP contribution in [0.5, 0.6) is 5.75 Å². The van der Waals surface area contributed by atoms with Gasteiger partial charge in [0, 0.05) is 0 Å². The lowest BCUT2D eigenvalue weighted by Crippen LogP contribution is -2.20. The molecule has 3 heteroatoms. The third-order valence-electron chi connectivity index (χ3n) is 9.30. The molecule has 0 heterocycles. The molecule has 0 amide bonds. The molecule has 4 atom stereocenters. The summed E-state index contributed by atoms with van der Waals surface area (Å²) in [5.41, 5.74) is 0.473. The molecule has 0 radical (unpaired) electrons. The van der Waals surface area contributed by atoms with Crippen molar-refractivity contribution in [3.8, 4) is 18.1 Å². The molecule has 182 valence electrons. The Morgan fingerprint density at radius 3 is 2.24 bits per heavy atom. The molecular formula is C30H42F2O. The first-order valence-electron chi connectivity index (χ1n) is 13.5. The monoisotopic (exact) mass is 456 g/mol. The van der Waals surface area contributed by atoms with Crippen LogP contribution in [0.1, 0.15) is 90.5 Å². The van der Waals surface area contributed by atoms with Gasteiger partial charge in [-0.25, -0.2) is 4.39 Å². The van der Waals surface area contributed by atoms with E-state index in [1.165, 1.54) is 57.4 Å². The van der Waals surface area contributed by atoms with E-state index in [1.807, 2.05) is 0 Å². The van der Waals surface area contributed by atoms with Crippen LogP contribution in [-0.2, 0) is 6.42 Å². The average molecular weight is 457 g/mol. The van der Waals surface area contributed by atoms with Gasteiger partial charge in [-0.15, -0.1) is 6.42 Å². The molecule has 3 fully saturated rings. The van der Waals surface area contributed by atoms with Crippen LogP contribution in [0.3, 0.4) is 0 Å². The van der Waals surface area contributed by atoms with Gasteiger partial charge < -0.3 is 4.74 Å². The van der Waals surface area contributed by atoms with Crippen LogP contribution in [0, 0.1) is 65.4 Å². The summed E-state index contributed by atoms with van der Waals surface area (Å²) in [4.78, 5) is 0. The minimum atomic E-state index is -0.909. The van der Waals surface area contributed by atoms with E-state index < -0.39 is 17.7 Å². The van der Waals surface area contributed by atoms with Crippen molar-refractivity contribution in [2.45, 2.75) is 97.5 Å². The quantitative estimate of drug-likeness (QED) is 0.358. The zero-order valence-electron chi connectivity index (χ0n) is 20.8. The second-order valence-electron chi connectivity index (χ2n) is 11.3. The van der Waals surface area contributed by atoms with Gasteiger partial charge in [-0.1, -0.05) is 38.7 Å². The lowest BCUT2D eigenvalue weighted by molar-refractivity contribution is 0.222. The Morgan fingerprint density at radius 2 is 1.64 bits per heavy atom. The highest BCUT2D eigenvalue weighted by atomic mass is 19.2.